The normalized spacial score (nSPS) is 20.5. The van der Waals surface area contributed by atoms with E-state index in [1.54, 1.807) is 17.4 Å². The first kappa shape index (κ1) is 21.6. The van der Waals surface area contributed by atoms with Crippen LogP contribution < -0.4 is 5.32 Å². The van der Waals surface area contributed by atoms with Crippen LogP contribution in [-0.2, 0) is 22.4 Å². The topological polar surface area (TPSA) is 82.4 Å². The Bertz CT molecular complexity index is 1020. The molecular formula is C23H25N3O3S2. The van der Waals surface area contributed by atoms with E-state index < -0.39 is 0 Å². The largest absolute Gasteiger partial charge is 0.449 e. The third kappa shape index (κ3) is 5.00. The minimum atomic E-state index is -0.244. The summed E-state index contributed by atoms with van der Waals surface area (Å²) in [6.07, 6.45) is 7.49. The minimum absolute atomic E-state index is 0.218. The highest BCUT2D eigenvalue weighted by Gasteiger charge is 2.29. The van der Waals surface area contributed by atoms with Crippen LogP contribution in [0.1, 0.15) is 47.8 Å². The number of anilines is 1. The number of fused-ring (bicyclic) bond motifs is 1. The Morgan fingerprint density at radius 1 is 1.42 bits per heavy atom. The van der Waals surface area contributed by atoms with Crippen molar-refractivity contribution in [2.75, 3.05) is 18.5 Å². The van der Waals surface area contributed by atoms with Crippen molar-refractivity contribution in [2.24, 2.45) is 5.92 Å². The van der Waals surface area contributed by atoms with Crippen molar-refractivity contribution in [3.05, 3.63) is 44.5 Å². The quantitative estimate of drug-likeness (QED) is 0.639. The summed E-state index contributed by atoms with van der Waals surface area (Å²) in [4.78, 5) is 27.6. The molecule has 162 valence electrons. The van der Waals surface area contributed by atoms with Crippen LogP contribution in [0, 0.1) is 17.2 Å². The fraction of sp³-hybridized carbons (Fsp3) is 0.435. The van der Waals surface area contributed by atoms with Gasteiger partial charge in [0.15, 0.2) is 0 Å². The molecule has 2 amide bonds. The van der Waals surface area contributed by atoms with Crippen molar-refractivity contribution >= 4 is 45.8 Å². The second kappa shape index (κ2) is 9.67. The zero-order chi connectivity index (χ0) is 21.8. The number of likely N-dealkylation sites (tertiary alicyclic amines) is 1. The van der Waals surface area contributed by atoms with E-state index in [1.807, 2.05) is 21.7 Å². The SMILES string of the molecule is CC1CCCN1C(=O)OCC1CCc2c(sc(NC(=O)/C=C/c3ccsc3)c2C#N)C1. The first-order valence-electron chi connectivity index (χ1n) is 10.5. The Balaban J connectivity index is 1.37. The number of hydrogen-bond donors (Lipinski definition) is 1. The van der Waals surface area contributed by atoms with Crippen LogP contribution >= 0.6 is 22.7 Å². The molecule has 1 saturated heterocycles. The van der Waals surface area contributed by atoms with Gasteiger partial charge in [0.05, 0.1) is 12.2 Å². The van der Waals surface area contributed by atoms with Crippen molar-refractivity contribution in [3.8, 4) is 6.07 Å². The number of hydrogen-bond acceptors (Lipinski definition) is 6. The van der Waals surface area contributed by atoms with Crippen LogP contribution in [0.3, 0.4) is 0 Å². The molecule has 8 heteroatoms. The van der Waals surface area contributed by atoms with E-state index in [-0.39, 0.29) is 24.0 Å². The molecule has 0 aromatic carbocycles. The molecule has 0 bridgehead atoms. The second-order valence-electron chi connectivity index (χ2n) is 8.07. The van der Waals surface area contributed by atoms with E-state index >= 15 is 0 Å². The fourth-order valence-electron chi connectivity index (χ4n) is 4.17. The van der Waals surface area contributed by atoms with Gasteiger partial charge in [-0.05, 0) is 79.0 Å². The number of carbonyl (C=O) groups is 2. The summed E-state index contributed by atoms with van der Waals surface area (Å²) in [5, 5.41) is 17.1. The van der Waals surface area contributed by atoms with Crippen LogP contribution in [0.5, 0.6) is 0 Å². The molecule has 6 nitrogen and oxygen atoms in total. The lowest BCUT2D eigenvalue weighted by molar-refractivity contribution is -0.111. The van der Waals surface area contributed by atoms with E-state index in [0.717, 1.165) is 54.7 Å². The number of thiophene rings is 2. The summed E-state index contributed by atoms with van der Waals surface area (Å²) in [7, 11) is 0. The molecule has 2 unspecified atom stereocenters. The molecule has 3 heterocycles. The van der Waals surface area contributed by atoms with Crippen molar-refractivity contribution in [2.45, 2.75) is 45.1 Å². The van der Waals surface area contributed by atoms with Gasteiger partial charge in [0.25, 0.3) is 0 Å². The summed E-state index contributed by atoms with van der Waals surface area (Å²) in [6, 6.07) is 4.46. The zero-order valence-corrected chi connectivity index (χ0v) is 19.1. The highest BCUT2D eigenvalue weighted by atomic mass is 32.1. The van der Waals surface area contributed by atoms with Crippen LogP contribution in [-0.4, -0.2) is 36.1 Å². The number of carbonyl (C=O) groups excluding carboxylic acids is 2. The molecule has 0 saturated carbocycles. The number of amides is 2. The van der Waals surface area contributed by atoms with Gasteiger partial charge in [-0.3, -0.25) is 4.79 Å². The summed E-state index contributed by atoms with van der Waals surface area (Å²) < 4.78 is 5.59. The maximum atomic E-state index is 12.3. The number of rotatable bonds is 5. The van der Waals surface area contributed by atoms with E-state index in [2.05, 4.69) is 18.3 Å². The van der Waals surface area contributed by atoms with Gasteiger partial charge in [0, 0.05) is 23.5 Å². The first-order valence-corrected chi connectivity index (χ1v) is 12.3. The van der Waals surface area contributed by atoms with E-state index in [9.17, 15) is 14.9 Å². The Labute approximate surface area is 190 Å². The van der Waals surface area contributed by atoms with Crippen molar-refractivity contribution in [1.82, 2.24) is 4.90 Å². The Morgan fingerprint density at radius 3 is 3.00 bits per heavy atom. The minimum Gasteiger partial charge on any atom is -0.449 e. The molecule has 2 atom stereocenters. The van der Waals surface area contributed by atoms with Gasteiger partial charge in [-0.25, -0.2) is 4.79 Å². The van der Waals surface area contributed by atoms with Crippen LogP contribution in [0.4, 0.5) is 9.80 Å². The number of nitrogens with one attached hydrogen (secondary N) is 1. The fourth-order valence-corrected chi connectivity index (χ4v) is 6.12. The molecule has 31 heavy (non-hydrogen) atoms. The molecule has 1 aliphatic carbocycles. The van der Waals surface area contributed by atoms with E-state index in [4.69, 9.17) is 4.74 Å². The molecule has 2 aliphatic rings. The molecule has 1 fully saturated rings. The monoisotopic (exact) mass is 455 g/mol. The second-order valence-corrected chi connectivity index (χ2v) is 9.95. The van der Waals surface area contributed by atoms with E-state index in [1.165, 1.54) is 17.4 Å². The van der Waals surface area contributed by atoms with Gasteiger partial charge < -0.3 is 15.0 Å². The van der Waals surface area contributed by atoms with Gasteiger partial charge in [0.1, 0.15) is 11.1 Å². The van der Waals surface area contributed by atoms with Gasteiger partial charge in [0.2, 0.25) is 5.91 Å². The van der Waals surface area contributed by atoms with Crippen molar-refractivity contribution in [3.63, 3.8) is 0 Å². The maximum absolute atomic E-state index is 12.3. The number of nitrogens with zero attached hydrogens (tertiary/aromatic N) is 2. The molecule has 0 radical (unpaired) electrons. The summed E-state index contributed by atoms with van der Waals surface area (Å²) in [5.41, 5.74) is 2.57. The third-order valence-electron chi connectivity index (χ3n) is 5.92. The van der Waals surface area contributed by atoms with E-state index in [0.29, 0.717) is 17.2 Å². The Hall–Kier alpha value is -2.63. The van der Waals surface area contributed by atoms with Gasteiger partial charge in [-0.15, -0.1) is 11.3 Å². The maximum Gasteiger partial charge on any atom is 0.410 e. The molecule has 0 spiro atoms. The lowest BCUT2D eigenvalue weighted by Crippen LogP contribution is -2.35. The third-order valence-corrected chi connectivity index (χ3v) is 7.79. The number of ether oxygens (including phenoxy) is 1. The zero-order valence-electron chi connectivity index (χ0n) is 17.4. The molecule has 2 aromatic heterocycles. The molecule has 4 rings (SSSR count). The smallest absolute Gasteiger partial charge is 0.410 e. The first-order chi connectivity index (χ1) is 15.0. The molecule has 2 aromatic rings. The summed E-state index contributed by atoms with van der Waals surface area (Å²) >= 11 is 3.04. The predicted octanol–water partition coefficient (Wildman–Crippen LogP) is 5.06. The highest BCUT2D eigenvalue weighted by Crippen LogP contribution is 2.39. The van der Waals surface area contributed by atoms with Crippen molar-refractivity contribution in [1.29, 1.82) is 5.26 Å². The van der Waals surface area contributed by atoms with Crippen LogP contribution in [0.25, 0.3) is 6.08 Å². The summed E-state index contributed by atoms with van der Waals surface area (Å²) in [5.74, 6) is -0.00639. The molecule has 1 N–H and O–H groups in total. The Kier molecular flexibility index (Phi) is 6.73. The average Bonchev–Trinajstić information content (AvgIpc) is 3.50. The standard InChI is InChI=1S/C23H25N3O3S2/c1-15-3-2-9-26(15)23(28)29-13-17-4-6-18-19(12-24)22(31-20(18)11-17)25-21(27)7-5-16-8-10-30-14-16/h5,7-8,10,14-15,17H,2-4,6,9,11,13H2,1H3,(H,25,27)/b7-5+. The van der Waals surface area contributed by atoms with Gasteiger partial charge in [-0.1, -0.05) is 0 Å². The lowest BCUT2D eigenvalue weighted by atomic mass is 9.88. The van der Waals surface area contributed by atoms with Crippen molar-refractivity contribution < 1.29 is 14.3 Å². The molecular weight excluding hydrogens is 430 g/mol. The average molecular weight is 456 g/mol. The highest BCUT2D eigenvalue weighted by molar-refractivity contribution is 7.16. The van der Waals surface area contributed by atoms with Gasteiger partial charge in [-0.2, -0.15) is 16.6 Å². The number of nitriles is 1. The summed E-state index contributed by atoms with van der Waals surface area (Å²) in [6.45, 7) is 3.23. The van der Waals surface area contributed by atoms with Crippen LogP contribution in [0.2, 0.25) is 0 Å². The Morgan fingerprint density at radius 2 is 2.29 bits per heavy atom. The van der Waals surface area contributed by atoms with Crippen LogP contribution in [0.15, 0.2) is 22.9 Å². The molecule has 1 aliphatic heterocycles. The lowest BCUT2D eigenvalue weighted by Gasteiger charge is -2.25. The van der Waals surface area contributed by atoms with Gasteiger partial charge >= 0.3 is 6.09 Å². The predicted molar refractivity (Wildman–Crippen MR) is 123 cm³/mol.